The molecule has 2 aromatic rings. The number of rotatable bonds is 5. The summed E-state index contributed by atoms with van der Waals surface area (Å²) in [4.78, 5) is 15.1. The molecular formula is C15H21IN4O3. The molecule has 23 heavy (non-hydrogen) atoms. The van der Waals surface area contributed by atoms with Crippen molar-refractivity contribution >= 4 is 35.8 Å². The fraction of sp³-hybridized carbons (Fsp3) is 0.333. The molecule has 2 aromatic heterocycles. The fourth-order valence-electron chi connectivity index (χ4n) is 1.93. The van der Waals surface area contributed by atoms with Crippen molar-refractivity contribution in [2.45, 2.75) is 26.4 Å². The van der Waals surface area contributed by atoms with Crippen molar-refractivity contribution < 1.29 is 13.6 Å². The van der Waals surface area contributed by atoms with Gasteiger partial charge in [0, 0.05) is 7.05 Å². The largest absolute Gasteiger partial charge is 0.464 e. The number of carbonyl (C=O) groups excluding carboxylic acids is 1. The minimum atomic E-state index is -0.587. The van der Waals surface area contributed by atoms with Crippen molar-refractivity contribution in [3.8, 4) is 0 Å². The van der Waals surface area contributed by atoms with Gasteiger partial charge in [-0.05, 0) is 38.1 Å². The van der Waals surface area contributed by atoms with Crippen LogP contribution < -0.4 is 16.4 Å². The summed E-state index contributed by atoms with van der Waals surface area (Å²) in [5.74, 6) is 2.43. The van der Waals surface area contributed by atoms with Crippen LogP contribution in [0, 0.1) is 6.92 Å². The van der Waals surface area contributed by atoms with E-state index in [1.54, 1.807) is 19.2 Å². The predicted octanol–water partition coefficient (Wildman–Crippen LogP) is 2.32. The van der Waals surface area contributed by atoms with Gasteiger partial charge >= 0.3 is 0 Å². The maximum atomic E-state index is 11.0. The molecule has 0 saturated carbocycles. The van der Waals surface area contributed by atoms with Crippen LogP contribution in [0.5, 0.6) is 0 Å². The lowest BCUT2D eigenvalue weighted by Gasteiger charge is -2.15. The van der Waals surface area contributed by atoms with Crippen molar-refractivity contribution in [3.05, 3.63) is 47.3 Å². The molecule has 7 nitrogen and oxygen atoms in total. The third kappa shape index (κ3) is 5.31. The third-order valence-electron chi connectivity index (χ3n) is 3.10. The van der Waals surface area contributed by atoms with Crippen LogP contribution in [-0.4, -0.2) is 18.9 Å². The van der Waals surface area contributed by atoms with Crippen LogP contribution in [0.15, 0.2) is 38.1 Å². The van der Waals surface area contributed by atoms with E-state index in [2.05, 4.69) is 15.6 Å². The second kappa shape index (κ2) is 8.61. The first-order valence-electron chi connectivity index (χ1n) is 6.91. The fourth-order valence-corrected chi connectivity index (χ4v) is 1.93. The molecule has 0 aliphatic carbocycles. The molecule has 0 aromatic carbocycles. The topological polar surface area (TPSA) is 106 Å². The van der Waals surface area contributed by atoms with E-state index in [-0.39, 0.29) is 35.8 Å². The number of aryl methyl sites for hydroxylation is 1. The van der Waals surface area contributed by atoms with E-state index in [1.807, 2.05) is 26.0 Å². The number of primary amides is 1. The standard InChI is InChI=1S/C15H20N4O3.HI/c1-9-4-6-12(21-9)10(2)19-15(17-3)18-8-11-5-7-13(22-11)14(16)20;/h4-7,10H,8H2,1-3H3,(H2,16,20)(H2,17,18,19);1H. The highest BCUT2D eigenvalue weighted by molar-refractivity contribution is 14.0. The van der Waals surface area contributed by atoms with Gasteiger partial charge in [-0.3, -0.25) is 9.79 Å². The first-order chi connectivity index (χ1) is 10.5. The van der Waals surface area contributed by atoms with Gasteiger partial charge in [-0.2, -0.15) is 0 Å². The zero-order valence-corrected chi connectivity index (χ0v) is 15.6. The number of aliphatic imine (C=N–C) groups is 1. The quantitative estimate of drug-likeness (QED) is 0.382. The number of furan rings is 2. The number of carbonyl (C=O) groups is 1. The van der Waals surface area contributed by atoms with Crippen LogP contribution in [0.2, 0.25) is 0 Å². The Kier molecular flexibility index (Phi) is 7.14. The van der Waals surface area contributed by atoms with E-state index >= 15 is 0 Å². The highest BCUT2D eigenvalue weighted by atomic mass is 127. The van der Waals surface area contributed by atoms with Crippen molar-refractivity contribution in [1.29, 1.82) is 0 Å². The van der Waals surface area contributed by atoms with E-state index in [4.69, 9.17) is 14.6 Å². The van der Waals surface area contributed by atoms with Gasteiger partial charge in [0.2, 0.25) is 0 Å². The molecule has 0 aliphatic rings. The molecule has 0 radical (unpaired) electrons. The third-order valence-corrected chi connectivity index (χ3v) is 3.10. The average molecular weight is 432 g/mol. The minimum Gasteiger partial charge on any atom is -0.464 e. The summed E-state index contributed by atoms with van der Waals surface area (Å²) in [7, 11) is 1.67. The maximum Gasteiger partial charge on any atom is 0.284 e. The van der Waals surface area contributed by atoms with E-state index in [0.29, 0.717) is 18.3 Å². The van der Waals surface area contributed by atoms with Crippen LogP contribution in [0.4, 0.5) is 0 Å². The number of nitrogens with zero attached hydrogens (tertiary/aromatic N) is 1. The summed E-state index contributed by atoms with van der Waals surface area (Å²) in [6.45, 7) is 4.26. The summed E-state index contributed by atoms with van der Waals surface area (Å²) in [6, 6.07) is 7.05. The number of hydrogen-bond acceptors (Lipinski definition) is 4. The molecule has 0 saturated heterocycles. The van der Waals surface area contributed by atoms with E-state index in [1.165, 1.54) is 0 Å². The van der Waals surface area contributed by atoms with E-state index in [0.717, 1.165) is 11.5 Å². The normalized spacial score (nSPS) is 12.4. The van der Waals surface area contributed by atoms with E-state index < -0.39 is 5.91 Å². The molecule has 4 N–H and O–H groups in total. The van der Waals surface area contributed by atoms with Crippen molar-refractivity contribution in [2.24, 2.45) is 10.7 Å². The van der Waals surface area contributed by atoms with Crippen molar-refractivity contribution in [1.82, 2.24) is 10.6 Å². The van der Waals surface area contributed by atoms with Crippen LogP contribution >= 0.6 is 24.0 Å². The summed E-state index contributed by atoms with van der Waals surface area (Å²) in [5.41, 5.74) is 5.14. The zero-order valence-electron chi connectivity index (χ0n) is 13.3. The van der Waals surface area contributed by atoms with E-state index in [9.17, 15) is 4.79 Å². The van der Waals surface area contributed by atoms with Crippen LogP contribution in [-0.2, 0) is 6.54 Å². The Hall–Kier alpha value is -1.97. The molecule has 1 unspecified atom stereocenters. The Labute approximate surface area is 151 Å². The lowest BCUT2D eigenvalue weighted by molar-refractivity contribution is 0.0972. The highest BCUT2D eigenvalue weighted by Gasteiger charge is 2.12. The van der Waals surface area contributed by atoms with Gasteiger partial charge in [0.05, 0.1) is 12.6 Å². The SMILES string of the molecule is CN=C(NCc1ccc(C(N)=O)o1)NC(C)c1ccc(C)o1.I. The molecule has 126 valence electrons. The molecular weight excluding hydrogens is 411 g/mol. The number of hydrogen-bond donors (Lipinski definition) is 3. The molecule has 1 atom stereocenters. The molecule has 2 rings (SSSR count). The minimum absolute atomic E-state index is 0. The number of amides is 1. The summed E-state index contributed by atoms with van der Waals surface area (Å²) >= 11 is 0. The van der Waals surface area contributed by atoms with Gasteiger partial charge in [0.25, 0.3) is 5.91 Å². The van der Waals surface area contributed by atoms with Gasteiger partial charge in [-0.15, -0.1) is 24.0 Å². The lowest BCUT2D eigenvalue weighted by Crippen LogP contribution is -2.38. The van der Waals surface area contributed by atoms with Crippen LogP contribution in [0.3, 0.4) is 0 Å². The van der Waals surface area contributed by atoms with Gasteiger partial charge < -0.3 is 25.2 Å². The van der Waals surface area contributed by atoms with Crippen molar-refractivity contribution in [2.75, 3.05) is 7.05 Å². The number of nitrogens with two attached hydrogens (primary N) is 1. The van der Waals surface area contributed by atoms with Gasteiger partial charge in [0.1, 0.15) is 17.3 Å². The van der Waals surface area contributed by atoms with Gasteiger partial charge in [-0.25, -0.2) is 0 Å². The first-order valence-corrected chi connectivity index (χ1v) is 6.91. The van der Waals surface area contributed by atoms with Gasteiger partial charge in [-0.1, -0.05) is 0 Å². The summed E-state index contributed by atoms with van der Waals surface area (Å²) in [5, 5.41) is 6.30. The molecule has 8 heteroatoms. The molecule has 2 heterocycles. The summed E-state index contributed by atoms with van der Waals surface area (Å²) in [6.07, 6.45) is 0. The molecule has 0 spiro atoms. The first kappa shape index (κ1) is 19.1. The molecule has 0 aliphatic heterocycles. The maximum absolute atomic E-state index is 11.0. The molecule has 1 amide bonds. The number of nitrogens with one attached hydrogen (secondary N) is 2. The lowest BCUT2D eigenvalue weighted by atomic mass is 10.2. The predicted molar refractivity (Wildman–Crippen MR) is 97.8 cm³/mol. The Morgan fingerprint density at radius 1 is 1.30 bits per heavy atom. The average Bonchev–Trinajstić information content (AvgIpc) is 3.12. The van der Waals surface area contributed by atoms with Crippen LogP contribution in [0.25, 0.3) is 0 Å². The van der Waals surface area contributed by atoms with Gasteiger partial charge in [0.15, 0.2) is 11.7 Å². The smallest absolute Gasteiger partial charge is 0.284 e. The second-order valence-corrected chi connectivity index (χ2v) is 4.87. The Balaban J connectivity index is 0.00000264. The zero-order chi connectivity index (χ0) is 16.1. The van der Waals surface area contributed by atoms with Crippen molar-refractivity contribution in [3.63, 3.8) is 0 Å². The summed E-state index contributed by atoms with van der Waals surface area (Å²) < 4.78 is 10.9. The highest BCUT2D eigenvalue weighted by Crippen LogP contribution is 2.15. The number of guanidine groups is 1. The Morgan fingerprint density at radius 2 is 2.04 bits per heavy atom. The Bertz CT molecular complexity index is 678. The monoisotopic (exact) mass is 432 g/mol. The Morgan fingerprint density at radius 3 is 2.57 bits per heavy atom. The molecule has 0 fully saturated rings. The van der Waals surface area contributed by atoms with Crippen LogP contribution in [0.1, 0.15) is 40.8 Å². The second-order valence-electron chi connectivity index (χ2n) is 4.87. The molecule has 0 bridgehead atoms. The number of halogens is 1.